The summed E-state index contributed by atoms with van der Waals surface area (Å²) in [7, 11) is 0. The standard InChI is InChI=1S/C17H25NOS2/c1-20-15-4-2-13(3-5-15)16(18)14-6-9-19-17(12-14)7-10-21-11-8-17/h2-5,14,16H,6-12,18H2,1H3. The Labute approximate surface area is 136 Å². The number of nitrogens with two attached hydrogens (primary N) is 1. The molecule has 0 aromatic heterocycles. The van der Waals surface area contributed by atoms with Gasteiger partial charge in [-0.1, -0.05) is 12.1 Å². The molecule has 2 heterocycles. The molecular formula is C17H25NOS2. The largest absolute Gasteiger partial charge is 0.375 e. The van der Waals surface area contributed by atoms with Gasteiger partial charge in [0.2, 0.25) is 0 Å². The molecule has 2 atom stereocenters. The molecule has 2 nitrogen and oxygen atoms in total. The van der Waals surface area contributed by atoms with Crippen LogP contribution in [0.25, 0.3) is 0 Å². The SMILES string of the molecule is CSc1ccc(C(N)C2CCOC3(CCSCC3)C2)cc1. The lowest BCUT2D eigenvalue weighted by molar-refractivity contribution is -0.105. The smallest absolute Gasteiger partial charge is 0.0701 e. The number of rotatable bonds is 3. The van der Waals surface area contributed by atoms with Gasteiger partial charge in [0.25, 0.3) is 0 Å². The van der Waals surface area contributed by atoms with Crippen LogP contribution in [0.2, 0.25) is 0 Å². The van der Waals surface area contributed by atoms with Crippen molar-refractivity contribution in [2.24, 2.45) is 11.7 Å². The second-order valence-corrected chi connectivity index (χ2v) is 8.30. The minimum atomic E-state index is 0.130. The highest BCUT2D eigenvalue weighted by Crippen LogP contribution is 2.43. The van der Waals surface area contributed by atoms with Crippen molar-refractivity contribution in [3.05, 3.63) is 29.8 Å². The number of hydrogen-bond donors (Lipinski definition) is 1. The predicted molar refractivity (Wildman–Crippen MR) is 93.1 cm³/mol. The van der Waals surface area contributed by atoms with Gasteiger partial charge in [0.1, 0.15) is 0 Å². The Kier molecular flexibility index (Phi) is 5.20. The van der Waals surface area contributed by atoms with Gasteiger partial charge in [0, 0.05) is 17.5 Å². The summed E-state index contributed by atoms with van der Waals surface area (Å²) in [5.41, 5.74) is 7.99. The van der Waals surface area contributed by atoms with E-state index in [1.165, 1.54) is 34.8 Å². The topological polar surface area (TPSA) is 35.2 Å². The van der Waals surface area contributed by atoms with Gasteiger partial charge in [-0.2, -0.15) is 11.8 Å². The van der Waals surface area contributed by atoms with Gasteiger partial charge in [0.05, 0.1) is 5.60 Å². The molecule has 4 heteroatoms. The summed E-state index contributed by atoms with van der Waals surface area (Å²) in [5, 5.41) is 0. The van der Waals surface area contributed by atoms with E-state index >= 15 is 0 Å². The molecule has 1 spiro atoms. The zero-order valence-corrected chi connectivity index (χ0v) is 14.3. The van der Waals surface area contributed by atoms with E-state index in [1.807, 2.05) is 0 Å². The maximum absolute atomic E-state index is 6.58. The molecule has 0 radical (unpaired) electrons. The molecule has 0 aliphatic carbocycles. The Balaban J connectivity index is 1.69. The third-order valence-corrected chi connectivity index (χ3v) is 6.67. The Bertz CT molecular complexity index is 451. The van der Waals surface area contributed by atoms with Crippen molar-refractivity contribution >= 4 is 23.5 Å². The average Bonchev–Trinajstić information content (AvgIpc) is 2.55. The Morgan fingerprint density at radius 1 is 1.29 bits per heavy atom. The van der Waals surface area contributed by atoms with E-state index < -0.39 is 0 Å². The van der Waals surface area contributed by atoms with Crippen LogP contribution in [0.4, 0.5) is 0 Å². The Morgan fingerprint density at radius 3 is 2.67 bits per heavy atom. The quantitative estimate of drug-likeness (QED) is 0.849. The number of thioether (sulfide) groups is 2. The summed E-state index contributed by atoms with van der Waals surface area (Å²) in [6.07, 6.45) is 6.75. The fourth-order valence-electron chi connectivity index (χ4n) is 3.56. The molecule has 116 valence electrons. The van der Waals surface area contributed by atoms with Crippen LogP contribution in [-0.2, 0) is 4.74 Å². The molecule has 2 N–H and O–H groups in total. The van der Waals surface area contributed by atoms with Crippen LogP contribution in [0, 0.1) is 5.92 Å². The lowest BCUT2D eigenvalue weighted by Crippen LogP contribution is -2.45. The zero-order valence-electron chi connectivity index (χ0n) is 12.7. The highest BCUT2D eigenvalue weighted by molar-refractivity contribution is 7.99. The van der Waals surface area contributed by atoms with Crippen LogP contribution in [0.1, 0.15) is 37.3 Å². The molecule has 21 heavy (non-hydrogen) atoms. The summed E-state index contributed by atoms with van der Waals surface area (Å²) < 4.78 is 6.19. The number of hydrogen-bond acceptors (Lipinski definition) is 4. The molecule has 0 bridgehead atoms. The van der Waals surface area contributed by atoms with Gasteiger partial charge in [-0.25, -0.2) is 0 Å². The molecule has 2 unspecified atom stereocenters. The highest BCUT2D eigenvalue weighted by atomic mass is 32.2. The molecule has 1 aromatic rings. The van der Waals surface area contributed by atoms with E-state index in [0.717, 1.165) is 19.4 Å². The first-order valence-electron chi connectivity index (χ1n) is 7.84. The van der Waals surface area contributed by atoms with E-state index in [9.17, 15) is 0 Å². The van der Waals surface area contributed by atoms with Crippen molar-refractivity contribution in [2.75, 3.05) is 24.4 Å². The summed E-state index contributed by atoms with van der Waals surface area (Å²) in [4.78, 5) is 1.30. The van der Waals surface area contributed by atoms with E-state index in [1.54, 1.807) is 11.8 Å². The molecule has 2 aliphatic heterocycles. The maximum Gasteiger partial charge on any atom is 0.0701 e. The first kappa shape index (κ1) is 15.7. The van der Waals surface area contributed by atoms with Gasteiger partial charge in [-0.05, 0) is 67.1 Å². The number of benzene rings is 1. The lowest BCUT2D eigenvalue weighted by Gasteiger charge is -2.44. The molecule has 3 rings (SSSR count). The van der Waals surface area contributed by atoms with Gasteiger partial charge in [0.15, 0.2) is 0 Å². The minimum absolute atomic E-state index is 0.130. The van der Waals surface area contributed by atoms with Crippen LogP contribution < -0.4 is 5.73 Å². The second kappa shape index (κ2) is 6.95. The minimum Gasteiger partial charge on any atom is -0.375 e. The van der Waals surface area contributed by atoms with Gasteiger partial charge < -0.3 is 10.5 Å². The highest BCUT2D eigenvalue weighted by Gasteiger charge is 2.40. The summed E-state index contributed by atoms with van der Waals surface area (Å²) in [5.74, 6) is 3.04. The van der Waals surface area contributed by atoms with Crippen LogP contribution in [-0.4, -0.2) is 30.0 Å². The molecule has 2 saturated heterocycles. The fourth-order valence-corrected chi connectivity index (χ4v) is 5.21. The van der Waals surface area contributed by atoms with Crippen molar-refractivity contribution in [1.82, 2.24) is 0 Å². The van der Waals surface area contributed by atoms with Crippen molar-refractivity contribution in [3.63, 3.8) is 0 Å². The lowest BCUT2D eigenvalue weighted by atomic mass is 9.77. The second-order valence-electron chi connectivity index (χ2n) is 6.20. The van der Waals surface area contributed by atoms with Crippen molar-refractivity contribution < 1.29 is 4.74 Å². The van der Waals surface area contributed by atoms with Gasteiger partial charge >= 0.3 is 0 Å². The normalized spacial score (nSPS) is 26.7. The van der Waals surface area contributed by atoms with Crippen LogP contribution in [0.5, 0.6) is 0 Å². The molecule has 1 aromatic carbocycles. The van der Waals surface area contributed by atoms with Crippen molar-refractivity contribution in [1.29, 1.82) is 0 Å². The maximum atomic E-state index is 6.58. The predicted octanol–water partition coefficient (Wildman–Crippen LogP) is 4.10. The van der Waals surface area contributed by atoms with Gasteiger partial charge in [-0.15, -0.1) is 11.8 Å². The Morgan fingerprint density at radius 2 is 2.00 bits per heavy atom. The third-order valence-electron chi connectivity index (χ3n) is 4.94. The van der Waals surface area contributed by atoms with E-state index in [2.05, 4.69) is 42.3 Å². The molecule has 0 amide bonds. The first-order chi connectivity index (χ1) is 10.2. The third kappa shape index (κ3) is 3.61. The summed E-state index contributed by atoms with van der Waals surface area (Å²) in [6, 6.07) is 8.93. The fraction of sp³-hybridized carbons (Fsp3) is 0.647. The Hall–Kier alpha value is -0.160. The average molecular weight is 324 g/mol. The molecule has 0 saturated carbocycles. The summed E-state index contributed by atoms with van der Waals surface area (Å²) in [6.45, 7) is 0.881. The van der Waals surface area contributed by atoms with Crippen LogP contribution in [0.3, 0.4) is 0 Å². The summed E-state index contributed by atoms with van der Waals surface area (Å²) >= 11 is 3.84. The van der Waals surface area contributed by atoms with Crippen molar-refractivity contribution in [3.8, 4) is 0 Å². The monoisotopic (exact) mass is 323 g/mol. The van der Waals surface area contributed by atoms with E-state index in [4.69, 9.17) is 10.5 Å². The van der Waals surface area contributed by atoms with Crippen LogP contribution >= 0.6 is 23.5 Å². The molecular weight excluding hydrogens is 298 g/mol. The zero-order chi connectivity index (χ0) is 14.7. The van der Waals surface area contributed by atoms with Gasteiger partial charge in [-0.3, -0.25) is 0 Å². The van der Waals surface area contributed by atoms with Crippen LogP contribution in [0.15, 0.2) is 29.2 Å². The molecule has 2 aliphatic rings. The van der Waals surface area contributed by atoms with Crippen molar-refractivity contribution in [2.45, 2.75) is 42.2 Å². The van der Waals surface area contributed by atoms with E-state index in [0.29, 0.717) is 5.92 Å². The number of ether oxygens (including phenoxy) is 1. The van der Waals surface area contributed by atoms with E-state index in [-0.39, 0.29) is 11.6 Å². The molecule has 2 fully saturated rings. The first-order valence-corrected chi connectivity index (χ1v) is 10.2.